The topological polar surface area (TPSA) is 55.9 Å². The van der Waals surface area contributed by atoms with E-state index in [9.17, 15) is 9.59 Å². The molecule has 0 aromatic rings. The molecule has 1 aliphatic carbocycles. The van der Waals surface area contributed by atoms with E-state index < -0.39 is 0 Å². The third kappa shape index (κ3) is 7.07. The summed E-state index contributed by atoms with van der Waals surface area (Å²) in [6, 6.07) is 0.376. The van der Waals surface area contributed by atoms with Crippen molar-refractivity contribution in [2.24, 2.45) is 0 Å². The zero-order valence-electron chi connectivity index (χ0n) is 17.0. The van der Waals surface area contributed by atoms with E-state index in [1.807, 2.05) is 4.90 Å². The van der Waals surface area contributed by atoms with Crippen molar-refractivity contribution in [1.82, 2.24) is 20.0 Å². The van der Waals surface area contributed by atoms with E-state index in [0.717, 1.165) is 65.0 Å². The number of piperazine rings is 1. The quantitative estimate of drug-likeness (QED) is 0.793. The van der Waals surface area contributed by atoms with Crippen LogP contribution in [0.2, 0.25) is 0 Å². The van der Waals surface area contributed by atoms with Crippen LogP contribution in [0.1, 0.15) is 64.2 Å². The first-order chi connectivity index (χ1) is 13.2. The minimum absolute atomic E-state index is 0.179. The zero-order valence-corrected chi connectivity index (χ0v) is 17.0. The van der Waals surface area contributed by atoms with Gasteiger partial charge in [0.15, 0.2) is 0 Å². The number of hydrogen-bond donors (Lipinski definition) is 1. The van der Waals surface area contributed by atoms with E-state index in [0.29, 0.717) is 19.1 Å². The molecule has 2 heterocycles. The summed E-state index contributed by atoms with van der Waals surface area (Å²) >= 11 is 0. The van der Waals surface area contributed by atoms with E-state index >= 15 is 0 Å². The van der Waals surface area contributed by atoms with Gasteiger partial charge in [-0.2, -0.15) is 0 Å². The van der Waals surface area contributed by atoms with Crippen LogP contribution in [-0.4, -0.2) is 84.9 Å². The van der Waals surface area contributed by atoms with Gasteiger partial charge in [-0.25, -0.2) is 0 Å². The number of carbonyl (C=O) groups excluding carboxylic acids is 2. The van der Waals surface area contributed by atoms with Gasteiger partial charge in [0.25, 0.3) is 0 Å². The summed E-state index contributed by atoms with van der Waals surface area (Å²) in [4.78, 5) is 31.3. The molecule has 154 valence electrons. The van der Waals surface area contributed by atoms with Crippen molar-refractivity contribution in [3.8, 4) is 0 Å². The Morgan fingerprint density at radius 1 is 0.667 bits per heavy atom. The molecule has 0 radical (unpaired) electrons. The number of likely N-dealkylation sites (tertiary alicyclic amines) is 1. The van der Waals surface area contributed by atoms with Gasteiger partial charge in [-0.05, 0) is 32.1 Å². The molecular formula is C21H38N4O2. The van der Waals surface area contributed by atoms with Gasteiger partial charge in [0, 0.05) is 45.3 Å². The van der Waals surface area contributed by atoms with Crippen molar-refractivity contribution < 1.29 is 9.59 Å². The lowest BCUT2D eigenvalue weighted by molar-refractivity contribution is -0.134. The summed E-state index contributed by atoms with van der Waals surface area (Å²) in [6.45, 7) is 6.44. The molecule has 6 nitrogen and oxygen atoms in total. The number of hydrogen-bond acceptors (Lipinski definition) is 4. The molecule has 3 aliphatic rings. The fourth-order valence-electron chi connectivity index (χ4n) is 4.62. The highest BCUT2D eigenvalue weighted by Crippen LogP contribution is 2.17. The lowest BCUT2D eigenvalue weighted by Crippen LogP contribution is -2.52. The Balaban J connectivity index is 1.32. The lowest BCUT2D eigenvalue weighted by Gasteiger charge is -2.36. The molecule has 6 heteroatoms. The van der Waals surface area contributed by atoms with Gasteiger partial charge in [0.2, 0.25) is 11.8 Å². The minimum atomic E-state index is 0.179. The maximum Gasteiger partial charge on any atom is 0.236 e. The van der Waals surface area contributed by atoms with Crippen molar-refractivity contribution in [3.63, 3.8) is 0 Å². The molecule has 1 N–H and O–H groups in total. The van der Waals surface area contributed by atoms with Crippen LogP contribution < -0.4 is 5.32 Å². The van der Waals surface area contributed by atoms with Gasteiger partial charge < -0.3 is 10.2 Å². The molecule has 0 spiro atoms. The number of carbonyl (C=O) groups is 2. The van der Waals surface area contributed by atoms with Gasteiger partial charge in [0.05, 0.1) is 13.1 Å². The van der Waals surface area contributed by atoms with E-state index in [1.54, 1.807) is 0 Å². The SMILES string of the molecule is O=C(CN1CCN(CC(=O)N2CCCCC2)CC1)NC1CCCCCCC1. The molecule has 2 saturated heterocycles. The molecule has 27 heavy (non-hydrogen) atoms. The second kappa shape index (κ2) is 11.0. The molecule has 2 aliphatic heterocycles. The molecule has 0 atom stereocenters. The largest absolute Gasteiger partial charge is 0.352 e. The maximum absolute atomic E-state index is 12.4. The monoisotopic (exact) mass is 378 g/mol. The van der Waals surface area contributed by atoms with Gasteiger partial charge in [0.1, 0.15) is 0 Å². The average Bonchev–Trinajstić information content (AvgIpc) is 2.66. The van der Waals surface area contributed by atoms with Crippen LogP contribution >= 0.6 is 0 Å². The van der Waals surface area contributed by atoms with E-state index in [2.05, 4.69) is 15.1 Å². The summed E-state index contributed by atoms with van der Waals surface area (Å²) in [5.74, 6) is 0.462. The van der Waals surface area contributed by atoms with Crippen LogP contribution in [-0.2, 0) is 9.59 Å². The third-order valence-electron chi connectivity index (χ3n) is 6.37. The predicted octanol–water partition coefficient (Wildman–Crippen LogP) is 1.85. The van der Waals surface area contributed by atoms with E-state index in [1.165, 1.54) is 38.5 Å². The Morgan fingerprint density at radius 3 is 1.81 bits per heavy atom. The Hall–Kier alpha value is -1.14. The highest BCUT2D eigenvalue weighted by atomic mass is 16.2. The Labute approximate surface area is 164 Å². The molecule has 0 bridgehead atoms. The zero-order chi connectivity index (χ0) is 18.9. The number of nitrogens with one attached hydrogen (secondary N) is 1. The Bertz CT molecular complexity index is 463. The first kappa shape index (κ1) is 20.6. The molecule has 1 saturated carbocycles. The first-order valence-corrected chi connectivity index (χ1v) is 11.2. The van der Waals surface area contributed by atoms with Gasteiger partial charge in [-0.1, -0.05) is 32.1 Å². The molecule has 0 aromatic carbocycles. The van der Waals surface area contributed by atoms with Crippen LogP contribution in [0.15, 0.2) is 0 Å². The Morgan fingerprint density at radius 2 is 1.19 bits per heavy atom. The van der Waals surface area contributed by atoms with Crippen molar-refractivity contribution in [1.29, 1.82) is 0 Å². The lowest BCUT2D eigenvalue weighted by atomic mass is 9.97. The van der Waals surface area contributed by atoms with Crippen LogP contribution in [0.5, 0.6) is 0 Å². The predicted molar refractivity (Wildman–Crippen MR) is 108 cm³/mol. The molecule has 2 amide bonds. The van der Waals surface area contributed by atoms with Crippen LogP contribution in [0.25, 0.3) is 0 Å². The molecule has 0 aromatic heterocycles. The fraction of sp³-hybridized carbons (Fsp3) is 0.905. The standard InChI is InChI=1S/C21H38N4O2/c26-20(22-19-9-5-2-1-3-6-10-19)17-23-13-15-24(16-14-23)18-21(27)25-11-7-4-8-12-25/h19H,1-18H2,(H,22,26). The number of rotatable bonds is 5. The fourth-order valence-corrected chi connectivity index (χ4v) is 4.62. The highest BCUT2D eigenvalue weighted by Gasteiger charge is 2.24. The maximum atomic E-state index is 12.4. The summed E-state index contributed by atoms with van der Waals surface area (Å²) in [7, 11) is 0. The first-order valence-electron chi connectivity index (χ1n) is 11.2. The van der Waals surface area contributed by atoms with Crippen LogP contribution in [0, 0.1) is 0 Å². The smallest absolute Gasteiger partial charge is 0.236 e. The number of amides is 2. The molecule has 3 fully saturated rings. The second-order valence-electron chi connectivity index (χ2n) is 8.60. The normalized spacial score (nSPS) is 24.2. The summed E-state index contributed by atoms with van der Waals surface area (Å²) in [6.07, 6.45) is 12.3. The van der Waals surface area contributed by atoms with E-state index in [-0.39, 0.29) is 11.8 Å². The average molecular weight is 379 g/mol. The van der Waals surface area contributed by atoms with Crippen molar-refractivity contribution in [2.75, 3.05) is 52.4 Å². The van der Waals surface area contributed by atoms with Crippen LogP contribution in [0.3, 0.4) is 0 Å². The Kier molecular flexibility index (Phi) is 8.39. The van der Waals surface area contributed by atoms with Crippen molar-refractivity contribution >= 4 is 11.8 Å². The van der Waals surface area contributed by atoms with Gasteiger partial charge in [-0.15, -0.1) is 0 Å². The van der Waals surface area contributed by atoms with Gasteiger partial charge in [-0.3, -0.25) is 19.4 Å². The molecular weight excluding hydrogens is 340 g/mol. The molecule has 3 rings (SSSR count). The summed E-state index contributed by atoms with van der Waals surface area (Å²) in [5, 5.41) is 3.27. The van der Waals surface area contributed by atoms with Crippen molar-refractivity contribution in [2.45, 2.75) is 70.3 Å². The van der Waals surface area contributed by atoms with Crippen LogP contribution in [0.4, 0.5) is 0 Å². The third-order valence-corrected chi connectivity index (χ3v) is 6.37. The number of nitrogens with zero attached hydrogens (tertiary/aromatic N) is 3. The minimum Gasteiger partial charge on any atom is -0.352 e. The van der Waals surface area contributed by atoms with Crippen molar-refractivity contribution in [3.05, 3.63) is 0 Å². The highest BCUT2D eigenvalue weighted by molar-refractivity contribution is 5.79. The van der Waals surface area contributed by atoms with E-state index in [4.69, 9.17) is 0 Å². The summed E-state index contributed by atoms with van der Waals surface area (Å²) < 4.78 is 0. The number of piperidine rings is 1. The van der Waals surface area contributed by atoms with Gasteiger partial charge >= 0.3 is 0 Å². The summed E-state index contributed by atoms with van der Waals surface area (Å²) in [5.41, 5.74) is 0. The molecule has 0 unspecified atom stereocenters. The second-order valence-corrected chi connectivity index (χ2v) is 8.60.